The van der Waals surface area contributed by atoms with Crippen molar-refractivity contribution in [3.63, 3.8) is 0 Å². The van der Waals surface area contributed by atoms with Crippen molar-refractivity contribution in [1.82, 2.24) is 0 Å². The molecule has 0 aromatic heterocycles. The highest BCUT2D eigenvalue weighted by atomic mass is 35.5. The van der Waals surface area contributed by atoms with Gasteiger partial charge in [0.25, 0.3) is 0 Å². The summed E-state index contributed by atoms with van der Waals surface area (Å²) in [5.74, 6) is -1.64. The number of halogens is 4. The van der Waals surface area contributed by atoms with Gasteiger partial charge >= 0.3 is 12.1 Å². The van der Waals surface area contributed by atoms with Crippen molar-refractivity contribution in [2.45, 2.75) is 36.3 Å². The third kappa shape index (κ3) is 6.51. The van der Waals surface area contributed by atoms with E-state index in [1.807, 2.05) is 0 Å². The zero-order valence-corrected chi connectivity index (χ0v) is 18.8. The number of sulfone groups is 1. The fraction of sp³-hybridized carbons (Fsp3) is 0.474. The van der Waals surface area contributed by atoms with E-state index in [4.69, 9.17) is 25.8 Å². The summed E-state index contributed by atoms with van der Waals surface area (Å²) >= 11 is 6.16. The summed E-state index contributed by atoms with van der Waals surface area (Å²) in [5.41, 5.74) is -0.661. The summed E-state index contributed by atoms with van der Waals surface area (Å²) in [6.45, 7) is -2.47. The van der Waals surface area contributed by atoms with E-state index in [0.717, 1.165) is 24.5 Å². The number of ketones is 1. The van der Waals surface area contributed by atoms with E-state index in [2.05, 4.69) is 4.74 Å². The molecule has 0 heterocycles. The number of alkyl halides is 3. The largest absolute Gasteiger partial charge is 0.424 e. The van der Waals surface area contributed by atoms with Gasteiger partial charge in [0.05, 0.1) is 22.1 Å². The first-order chi connectivity index (χ1) is 14.8. The lowest BCUT2D eigenvalue weighted by Crippen LogP contribution is -2.35. The topological polar surface area (TPSA) is 105 Å². The van der Waals surface area contributed by atoms with Gasteiger partial charge in [-0.1, -0.05) is 11.6 Å². The molecule has 2 rings (SSSR count). The zero-order valence-electron chi connectivity index (χ0n) is 17.2. The van der Waals surface area contributed by atoms with E-state index in [1.165, 1.54) is 14.2 Å². The summed E-state index contributed by atoms with van der Waals surface area (Å²) in [6.07, 6.45) is -4.26. The smallest absolute Gasteiger partial charge is 0.411 e. The highest BCUT2D eigenvalue weighted by Crippen LogP contribution is 2.31. The van der Waals surface area contributed by atoms with E-state index in [0.29, 0.717) is 0 Å². The predicted octanol–water partition coefficient (Wildman–Crippen LogP) is 2.87. The van der Waals surface area contributed by atoms with Crippen LogP contribution in [0.25, 0.3) is 0 Å². The van der Waals surface area contributed by atoms with Crippen molar-refractivity contribution in [3.05, 3.63) is 40.1 Å². The zero-order chi connectivity index (χ0) is 24.3. The van der Waals surface area contributed by atoms with Crippen LogP contribution in [0.5, 0.6) is 0 Å². The van der Waals surface area contributed by atoms with Crippen LogP contribution >= 0.6 is 11.6 Å². The third-order valence-corrected chi connectivity index (χ3v) is 6.07. The second kappa shape index (κ2) is 10.3. The van der Waals surface area contributed by atoms with Crippen LogP contribution in [0, 0.1) is 0 Å². The molecule has 0 bridgehead atoms. The normalized spacial score (nSPS) is 19.6. The summed E-state index contributed by atoms with van der Waals surface area (Å²) < 4.78 is 81.3. The first kappa shape index (κ1) is 26.3. The Kier molecular flexibility index (Phi) is 8.45. The van der Waals surface area contributed by atoms with Crippen molar-refractivity contribution in [2.24, 2.45) is 0 Å². The Morgan fingerprint density at radius 3 is 2.34 bits per heavy atom. The number of esters is 1. The van der Waals surface area contributed by atoms with Crippen molar-refractivity contribution < 1.29 is 50.1 Å². The molecular weight excluding hydrogens is 481 g/mol. The summed E-state index contributed by atoms with van der Waals surface area (Å²) in [7, 11) is -1.24. The maximum Gasteiger partial charge on any atom is 0.411 e. The Labute approximate surface area is 187 Å². The molecule has 0 amide bonds. The van der Waals surface area contributed by atoms with Gasteiger partial charge in [0, 0.05) is 38.5 Å². The van der Waals surface area contributed by atoms with Crippen LogP contribution in [0.1, 0.15) is 22.3 Å². The molecule has 1 aromatic rings. The maximum absolute atomic E-state index is 12.7. The standard InChI is InChI=1S/C19H20ClF3O8S/c1-28-13-7-14(29-2)15(6-12(13)24)31-18(25)10-4-5-16(32(3,26)27)11(17(10)20)8-30-9-19(21,22)23/h4-6,13-14H,7-9H2,1-3H3. The minimum atomic E-state index is -4.65. The number of methoxy groups -OCH3 is 2. The lowest BCUT2D eigenvalue weighted by atomic mass is 9.99. The van der Waals surface area contributed by atoms with E-state index < -0.39 is 63.1 Å². The lowest BCUT2D eigenvalue weighted by Gasteiger charge is -2.26. The molecule has 0 radical (unpaired) electrons. The fourth-order valence-corrected chi connectivity index (χ4v) is 4.22. The molecular formula is C19H20ClF3O8S. The second-order valence-corrected chi connectivity index (χ2v) is 9.17. The molecule has 0 saturated heterocycles. The van der Waals surface area contributed by atoms with Crippen molar-refractivity contribution in [3.8, 4) is 0 Å². The molecule has 1 aliphatic rings. The van der Waals surface area contributed by atoms with Crippen molar-refractivity contribution in [1.29, 1.82) is 0 Å². The van der Waals surface area contributed by atoms with Crippen LogP contribution in [0.4, 0.5) is 13.2 Å². The summed E-state index contributed by atoms with van der Waals surface area (Å²) in [5, 5.41) is -0.452. The van der Waals surface area contributed by atoms with Crippen LogP contribution in [0.2, 0.25) is 5.02 Å². The number of benzene rings is 1. The van der Waals surface area contributed by atoms with Gasteiger partial charge in [-0.3, -0.25) is 4.79 Å². The fourth-order valence-electron chi connectivity index (χ4n) is 2.95. The summed E-state index contributed by atoms with van der Waals surface area (Å²) in [4.78, 5) is 24.3. The molecule has 13 heteroatoms. The molecule has 2 unspecified atom stereocenters. The maximum atomic E-state index is 12.7. The number of ether oxygens (including phenoxy) is 4. The number of hydrogen-bond donors (Lipinski definition) is 0. The highest BCUT2D eigenvalue weighted by molar-refractivity contribution is 7.90. The minimum absolute atomic E-state index is 0.0855. The second-order valence-electron chi connectivity index (χ2n) is 6.81. The van der Waals surface area contributed by atoms with Gasteiger partial charge < -0.3 is 18.9 Å². The van der Waals surface area contributed by atoms with E-state index >= 15 is 0 Å². The molecule has 2 atom stereocenters. The third-order valence-electron chi connectivity index (χ3n) is 4.46. The molecule has 0 N–H and O–H groups in total. The van der Waals surface area contributed by atoms with Crippen molar-refractivity contribution >= 4 is 33.2 Å². The Bertz CT molecular complexity index is 1020. The van der Waals surface area contributed by atoms with Crippen molar-refractivity contribution in [2.75, 3.05) is 27.1 Å². The van der Waals surface area contributed by atoms with Gasteiger partial charge in [0.15, 0.2) is 15.6 Å². The average molecular weight is 501 g/mol. The van der Waals surface area contributed by atoms with Gasteiger partial charge in [0.1, 0.15) is 24.6 Å². The van der Waals surface area contributed by atoms with Gasteiger partial charge in [-0.15, -0.1) is 0 Å². The summed E-state index contributed by atoms with van der Waals surface area (Å²) in [6, 6.07) is 2.07. The molecule has 32 heavy (non-hydrogen) atoms. The Morgan fingerprint density at radius 1 is 1.19 bits per heavy atom. The first-order valence-electron chi connectivity index (χ1n) is 8.97. The van der Waals surface area contributed by atoms with Crippen LogP contribution in [0.15, 0.2) is 28.9 Å². The number of carbonyl (C=O) groups excluding carboxylic acids is 2. The Morgan fingerprint density at radius 2 is 1.81 bits per heavy atom. The quantitative estimate of drug-likeness (QED) is 0.502. The number of carbonyl (C=O) groups is 2. The minimum Gasteiger partial charge on any atom is -0.424 e. The molecule has 178 valence electrons. The average Bonchev–Trinajstić information content (AvgIpc) is 2.67. The van der Waals surface area contributed by atoms with Gasteiger partial charge in [-0.05, 0) is 12.1 Å². The molecule has 0 saturated carbocycles. The van der Waals surface area contributed by atoms with Crippen LogP contribution in [0.3, 0.4) is 0 Å². The predicted molar refractivity (Wildman–Crippen MR) is 105 cm³/mol. The SMILES string of the molecule is COC1CC(OC)C(OC(=O)c2ccc(S(C)(=O)=O)c(COCC(F)(F)F)c2Cl)=CC1=O. The first-order valence-corrected chi connectivity index (χ1v) is 11.2. The molecule has 1 aliphatic carbocycles. The molecule has 0 aliphatic heterocycles. The molecule has 1 aromatic carbocycles. The van der Waals surface area contributed by atoms with Crippen LogP contribution < -0.4 is 0 Å². The molecule has 8 nitrogen and oxygen atoms in total. The van der Waals surface area contributed by atoms with E-state index in [-0.39, 0.29) is 23.3 Å². The lowest BCUT2D eigenvalue weighted by molar-refractivity contribution is -0.176. The van der Waals surface area contributed by atoms with Gasteiger partial charge in [-0.2, -0.15) is 13.2 Å². The molecule has 0 fully saturated rings. The molecule has 0 spiro atoms. The van der Waals surface area contributed by atoms with Gasteiger partial charge in [0.2, 0.25) is 0 Å². The number of rotatable bonds is 8. The van der Waals surface area contributed by atoms with E-state index in [9.17, 15) is 31.2 Å². The number of hydrogen-bond acceptors (Lipinski definition) is 8. The Balaban J connectivity index is 2.37. The van der Waals surface area contributed by atoms with Gasteiger partial charge in [-0.25, -0.2) is 13.2 Å². The van der Waals surface area contributed by atoms with Crippen LogP contribution in [-0.4, -0.2) is 65.6 Å². The van der Waals surface area contributed by atoms with E-state index in [1.54, 1.807) is 0 Å². The van der Waals surface area contributed by atoms with Crippen LogP contribution in [-0.2, 0) is 40.2 Å². The Hall–Kier alpha value is -1.99. The highest BCUT2D eigenvalue weighted by Gasteiger charge is 2.34. The monoisotopic (exact) mass is 500 g/mol.